The highest BCUT2D eigenvalue weighted by atomic mass is 16.6. The molecule has 2 aromatic heterocycles. The van der Waals surface area contributed by atoms with E-state index in [-0.39, 0.29) is 13.1 Å². The molecule has 19 heavy (non-hydrogen) atoms. The van der Waals surface area contributed by atoms with Crippen molar-refractivity contribution in [2.75, 3.05) is 0 Å². The second-order valence-corrected chi connectivity index (χ2v) is 3.94. The molecule has 0 unspecified atom stereocenters. The predicted molar refractivity (Wildman–Crippen MR) is 64.4 cm³/mol. The first kappa shape index (κ1) is 12.9. The van der Waals surface area contributed by atoms with Gasteiger partial charge in [-0.25, -0.2) is 9.59 Å². The maximum atomic E-state index is 11.5. The lowest BCUT2D eigenvalue weighted by Crippen LogP contribution is -2.41. The molecule has 0 aliphatic heterocycles. The molecule has 0 atom stereocenters. The molecule has 0 spiro atoms. The van der Waals surface area contributed by atoms with Crippen molar-refractivity contribution >= 4 is 11.9 Å². The zero-order chi connectivity index (χ0) is 13.5. The van der Waals surface area contributed by atoms with Crippen LogP contribution in [-0.2, 0) is 27.4 Å². The van der Waals surface area contributed by atoms with Crippen LogP contribution in [0.25, 0.3) is 0 Å². The maximum absolute atomic E-state index is 11.5. The normalized spacial score (nSPS) is 9.89. The van der Waals surface area contributed by atoms with Crippen molar-refractivity contribution < 1.29 is 23.5 Å². The number of aromatic nitrogens is 2. The first-order valence-corrected chi connectivity index (χ1v) is 5.86. The largest absolute Gasteiger partial charge is 0.384 e. The Hall–Kier alpha value is -2.56. The van der Waals surface area contributed by atoms with Crippen LogP contribution in [0.15, 0.2) is 61.2 Å². The van der Waals surface area contributed by atoms with Crippen molar-refractivity contribution in [3.63, 3.8) is 0 Å². The average molecular weight is 258 g/mol. The first-order valence-electron chi connectivity index (χ1n) is 5.86. The van der Waals surface area contributed by atoms with E-state index in [9.17, 15) is 9.59 Å². The van der Waals surface area contributed by atoms with E-state index < -0.39 is 11.9 Å². The van der Waals surface area contributed by atoms with Crippen LogP contribution in [-0.4, -0.2) is 11.9 Å². The fourth-order valence-corrected chi connectivity index (χ4v) is 1.57. The van der Waals surface area contributed by atoms with Gasteiger partial charge in [0.15, 0.2) is 24.8 Å². The standard InChI is InChI=1S/C14H14N2O3/c17-13(11-15-7-3-1-4-8-15)19-14(18)12-16-9-5-2-6-10-16/h1-10H,11-12H2/q+2. The Morgan fingerprint density at radius 1 is 0.684 bits per heavy atom. The molecule has 0 fully saturated rings. The van der Waals surface area contributed by atoms with Gasteiger partial charge in [0.2, 0.25) is 13.1 Å². The Bertz CT molecular complexity index is 504. The molecule has 0 amide bonds. The second kappa shape index (κ2) is 6.39. The molecule has 0 saturated carbocycles. The smallest absolute Gasteiger partial charge is 0.380 e. The summed E-state index contributed by atoms with van der Waals surface area (Å²) in [6.45, 7) is 0.0398. The molecule has 5 heteroatoms. The highest BCUT2D eigenvalue weighted by Gasteiger charge is 2.18. The lowest BCUT2D eigenvalue weighted by Gasteiger charge is -1.98. The number of hydrogen-bond acceptors (Lipinski definition) is 3. The minimum atomic E-state index is -0.572. The molecule has 0 aliphatic carbocycles. The van der Waals surface area contributed by atoms with Gasteiger partial charge < -0.3 is 4.74 Å². The highest BCUT2D eigenvalue weighted by molar-refractivity contribution is 5.83. The number of carbonyl (C=O) groups excluding carboxylic acids is 2. The molecule has 0 bridgehead atoms. The Labute approximate surface area is 110 Å². The lowest BCUT2D eigenvalue weighted by atomic mass is 10.4. The van der Waals surface area contributed by atoms with Gasteiger partial charge in [-0.1, -0.05) is 12.1 Å². The first-order chi connectivity index (χ1) is 9.24. The lowest BCUT2D eigenvalue weighted by molar-refractivity contribution is -0.688. The molecular weight excluding hydrogens is 244 g/mol. The van der Waals surface area contributed by atoms with Crippen molar-refractivity contribution in [2.45, 2.75) is 13.1 Å². The molecule has 0 aromatic carbocycles. The van der Waals surface area contributed by atoms with Crippen molar-refractivity contribution in [3.8, 4) is 0 Å². The van der Waals surface area contributed by atoms with Crippen LogP contribution in [0.2, 0.25) is 0 Å². The predicted octanol–water partition coefficient (Wildman–Crippen LogP) is 0.0316. The Morgan fingerprint density at radius 2 is 1.05 bits per heavy atom. The number of esters is 2. The quantitative estimate of drug-likeness (QED) is 0.442. The van der Waals surface area contributed by atoms with Crippen molar-refractivity contribution in [1.82, 2.24) is 0 Å². The van der Waals surface area contributed by atoms with E-state index in [2.05, 4.69) is 0 Å². The van der Waals surface area contributed by atoms with E-state index in [1.54, 1.807) is 58.2 Å². The summed E-state index contributed by atoms with van der Waals surface area (Å²) in [4.78, 5) is 23.1. The molecule has 2 rings (SSSR count). The van der Waals surface area contributed by atoms with E-state index in [0.29, 0.717) is 0 Å². The summed E-state index contributed by atoms with van der Waals surface area (Å²) < 4.78 is 8.03. The van der Waals surface area contributed by atoms with Gasteiger partial charge in [-0.05, 0) is 0 Å². The summed E-state index contributed by atoms with van der Waals surface area (Å²) in [5.74, 6) is -1.14. The third-order valence-corrected chi connectivity index (χ3v) is 2.41. The summed E-state index contributed by atoms with van der Waals surface area (Å²) in [7, 11) is 0. The third kappa shape index (κ3) is 4.31. The number of pyridine rings is 2. The third-order valence-electron chi connectivity index (χ3n) is 2.41. The van der Waals surface area contributed by atoms with E-state index in [1.165, 1.54) is 0 Å². The van der Waals surface area contributed by atoms with Crippen LogP contribution < -0.4 is 9.13 Å². The number of hydrogen-bond donors (Lipinski definition) is 0. The summed E-state index contributed by atoms with van der Waals surface area (Å²) in [6, 6.07) is 10.9. The van der Waals surface area contributed by atoms with E-state index in [0.717, 1.165) is 0 Å². The van der Waals surface area contributed by atoms with Gasteiger partial charge in [0.1, 0.15) is 0 Å². The molecule has 0 radical (unpaired) electrons. The highest BCUT2D eigenvalue weighted by Crippen LogP contribution is 1.85. The Balaban J connectivity index is 1.84. The van der Waals surface area contributed by atoms with Crippen LogP contribution in [0.3, 0.4) is 0 Å². The number of ether oxygens (including phenoxy) is 1. The zero-order valence-electron chi connectivity index (χ0n) is 10.3. The van der Waals surface area contributed by atoms with Crippen molar-refractivity contribution in [3.05, 3.63) is 61.2 Å². The average Bonchev–Trinajstić information content (AvgIpc) is 2.40. The minimum Gasteiger partial charge on any atom is -0.384 e. The maximum Gasteiger partial charge on any atom is 0.380 e. The summed E-state index contributed by atoms with van der Waals surface area (Å²) in [6.07, 6.45) is 6.94. The summed E-state index contributed by atoms with van der Waals surface area (Å²) in [5, 5.41) is 0. The van der Waals surface area contributed by atoms with Crippen molar-refractivity contribution in [2.24, 2.45) is 0 Å². The zero-order valence-corrected chi connectivity index (χ0v) is 10.3. The fraction of sp³-hybridized carbons (Fsp3) is 0.143. The molecule has 0 N–H and O–H groups in total. The van der Waals surface area contributed by atoms with Gasteiger partial charge in [-0.2, -0.15) is 9.13 Å². The number of rotatable bonds is 4. The van der Waals surface area contributed by atoms with Gasteiger partial charge in [-0.3, -0.25) is 0 Å². The fourth-order valence-electron chi connectivity index (χ4n) is 1.57. The van der Waals surface area contributed by atoms with Gasteiger partial charge in [0, 0.05) is 24.3 Å². The number of carbonyl (C=O) groups is 2. The second-order valence-electron chi connectivity index (χ2n) is 3.94. The Morgan fingerprint density at radius 3 is 1.42 bits per heavy atom. The summed E-state index contributed by atoms with van der Waals surface area (Å²) in [5.41, 5.74) is 0. The molecular formula is C14H14N2O3+2. The molecule has 0 aliphatic rings. The molecule has 2 aromatic rings. The SMILES string of the molecule is O=C(C[n+]1ccccc1)OC(=O)C[n+]1ccccc1. The van der Waals surface area contributed by atoms with Crippen LogP contribution in [0.5, 0.6) is 0 Å². The topological polar surface area (TPSA) is 51.1 Å². The van der Waals surface area contributed by atoms with E-state index >= 15 is 0 Å². The van der Waals surface area contributed by atoms with Crippen LogP contribution in [0.4, 0.5) is 0 Å². The molecule has 5 nitrogen and oxygen atoms in total. The molecule has 2 heterocycles. The van der Waals surface area contributed by atoms with Crippen LogP contribution >= 0.6 is 0 Å². The van der Waals surface area contributed by atoms with E-state index in [4.69, 9.17) is 4.74 Å². The molecule has 96 valence electrons. The van der Waals surface area contributed by atoms with Crippen molar-refractivity contribution in [1.29, 1.82) is 0 Å². The van der Waals surface area contributed by atoms with Gasteiger partial charge in [0.25, 0.3) is 0 Å². The molecule has 0 saturated heterocycles. The summed E-state index contributed by atoms with van der Waals surface area (Å²) >= 11 is 0. The van der Waals surface area contributed by atoms with Gasteiger partial charge >= 0.3 is 11.9 Å². The van der Waals surface area contributed by atoms with Gasteiger partial charge in [-0.15, -0.1) is 0 Å². The monoisotopic (exact) mass is 258 g/mol. The van der Waals surface area contributed by atoms with Crippen LogP contribution in [0.1, 0.15) is 0 Å². The number of nitrogens with zero attached hydrogens (tertiary/aromatic N) is 2. The minimum absolute atomic E-state index is 0.0199. The van der Waals surface area contributed by atoms with Crippen LogP contribution in [0, 0.1) is 0 Å². The van der Waals surface area contributed by atoms with E-state index in [1.807, 2.05) is 12.1 Å². The Kier molecular flexibility index (Phi) is 4.34. The van der Waals surface area contributed by atoms with Gasteiger partial charge in [0.05, 0.1) is 0 Å².